The van der Waals surface area contributed by atoms with Gasteiger partial charge in [0.2, 0.25) is 0 Å². The summed E-state index contributed by atoms with van der Waals surface area (Å²) in [5.41, 5.74) is -1.81. The first-order chi connectivity index (χ1) is 21.1. The third-order valence-corrected chi connectivity index (χ3v) is 8.34. The summed E-state index contributed by atoms with van der Waals surface area (Å²) in [6.45, 7) is 5.07. The van der Waals surface area contributed by atoms with Gasteiger partial charge in [0.15, 0.2) is 6.29 Å². The topological polar surface area (TPSA) is 51.5 Å². The molecular weight excluding hydrogens is 584 g/mol. The molecule has 1 aliphatic carbocycles. The second-order valence-electron chi connectivity index (χ2n) is 11.3. The van der Waals surface area contributed by atoms with Crippen LogP contribution in [0.4, 0.5) is 26.3 Å². The first kappa shape index (κ1) is 31.6. The summed E-state index contributed by atoms with van der Waals surface area (Å²) in [5.74, 6) is -5.25. The second-order valence-corrected chi connectivity index (χ2v) is 11.3. The molecule has 0 bridgehead atoms. The lowest BCUT2D eigenvalue weighted by molar-refractivity contribution is -0.229. The smallest absolute Gasteiger partial charge is 0.429 e. The number of allylic oxidation sites excluding steroid dienone is 1. The molecule has 44 heavy (non-hydrogen) atoms. The zero-order chi connectivity index (χ0) is 31.4. The minimum absolute atomic E-state index is 0.0810. The molecule has 1 aliphatic heterocycles. The van der Waals surface area contributed by atoms with E-state index in [4.69, 9.17) is 14.7 Å². The van der Waals surface area contributed by atoms with Gasteiger partial charge in [-0.25, -0.2) is 17.6 Å². The Hall–Kier alpha value is -3.81. The molecule has 0 radical (unpaired) electrons. The third kappa shape index (κ3) is 6.95. The summed E-state index contributed by atoms with van der Waals surface area (Å²) in [7, 11) is 0. The molecule has 0 spiro atoms. The lowest BCUT2D eigenvalue weighted by atomic mass is 9.78. The van der Waals surface area contributed by atoms with E-state index in [1.807, 2.05) is 6.08 Å². The van der Waals surface area contributed by atoms with Crippen molar-refractivity contribution in [3.63, 3.8) is 0 Å². The van der Waals surface area contributed by atoms with E-state index in [1.165, 1.54) is 18.2 Å². The molecule has 3 aromatic rings. The van der Waals surface area contributed by atoms with Crippen LogP contribution in [-0.2, 0) is 15.6 Å². The number of halogens is 6. The van der Waals surface area contributed by atoms with Gasteiger partial charge in [0, 0.05) is 23.5 Å². The highest BCUT2D eigenvalue weighted by atomic mass is 19.3. The van der Waals surface area contributed by atoms with E-state index in [9.17, 15) is 22.0 Å². The van der Waals surface area contributed by atoms with Crippen molar-refractivity contribution in [1.29, 1.82) is 5.26 Å². The quantitative estimate of drug-likeness (QED) is 0.178. The summed E-state index contributed by atoms with van der Waals surface area (Å²) in [6.07, 6.45) is 2.30. The fraction of sp³-hybridized carbons (Fsp3) is 0.382. The maximum absolute atomic E-state index is 15.2. The maximum atomic E-state index is 15.2. The van der Waals surface area contributed by atoms with Crippen molar-refractivity contribution >= 4 is 0 Å². The zero-order valence-electron chi connectivity index (χ0n) is 23.8. The van der Waals surface area contributed by atoms with Crippen LogP contribution in [0.25, 0.3) is 11.1 Å². The Balaban J connectivity index is 1.24. The number of ether oxygens (including phenoxy) is 3. The zero-order valence-corrected chi connectivity index (χ0v) is 23.8. The molecule has 1 heterocycles. The van der Waals surface area contributed by atoms with Crippen molar-refractivity contribution in [1.82, 2.24) is 0 Å². The molecule has 0 amide bonds. The average molecular weight is 616 g/mol. The lowest BCUT2D eigenvalue weighted by Gasteiger charge is -2.37. The highest BCUT2D eigenvalue weighted by Gasteiger charge is 2.41. The Labute approximate surface area is 251 Å². The summed E-state index contributed by atoms with van der Waals surface area (Å²) < 4.78 is 105. The molecule has 3 aromatic carbocycles. The first-order valence-electron chi connectivity index (χ1n) is 14.5. The Morgan fingerprint density at radius 2 is 1.57 bits per heavy atom. The average Bonchev–Trinajstić information content (AvgIpc) is 2.99. The van der Waals surface area contributed by atoms with Crippen LogP contribution < -0.4 is 4.74 Å². The number of hydrogen-bond donors (Lipinski definition) is 0. The van der Waals surface area contributed by atoms with Crippen LogP contribution in [-0.4, -0.2) is 19.5 Å². The van der Waals surface area contributed by atoms with Crippen LogP contribution in [0.3, 0.4) is 0 Å². The van der Waals surface area contributed by atoms with Crippen LogP contribution in [0.15, 0.2) is 61.2 Å². The second kappa shape index (κ2) is 13.4. The van der Waals surface area contributed by atoms with Gasteiger partial charge in [0.05, 0.1) is 18.8 Å². The van der Waals surface area contributed by atoms with Crippen molar-refractivity contribution in [3.05, 3.63) is 101 Å². The molecule has 1 saturated carbocycles. The number of nitriles is 1. The van der Waals surface area contributed by atoms with Crippen LogP contribution in [0.5, 0.6) is 5.75 Å². The van der Waals surface area contributed by atoms with Crippen LogP contribution in [0, 0.1) is 46.4 Å². The van der Waals surface area contributed by atoms with Crippen molar-refractivity contribution in [2.45, 2.75) is 56.8 Å². The Morgan fingerprint density at radius 3 is 2.16 bits per heavy atom. The monoisotopic (exact) mass is 615 g/mol. The normalized spacial score (nSPS) is 22.3. The van der Waals surface area contributed by atoms with Gasteiger partial charge in [-0.05, 0) is 85.9 Å². The van der Waals surface area contributed by atoms with Crippen molar-refractivity contribution in [2.24, 2.45) is 11.8 Å². The molecule has 0 N–H and O–H groups in total. The largest absolute Gasteiger partial charge is 0.432 e. The van der Waals surface area contributed by atoms with Gasteiger partial charge in [-0.2, -0.15) is 14.0 Å². The summed E-state index contributed by atoms with van der Waals surface area (Å²) in [4.78, 5) is 0. The molecule has 0 aromatic heterocycles. The molecule has 10 heteroatoms. The first-order valence-corrected chi connectivity index (χ1v) is 14.5. The predicted molar refractivity (Wildman–Crippen MR) is 151 cm³/mol. The van der Waals surface area contributed by atoms with Gasteiger partial charge in [0.1, 0.15) is 40.7 Å². The lowest BCUT2D eigenvalue weighted by Crippen LogP contribution is -2.38. The van der Waals surface area contributed by atoms with E-state index in [1.54, 1.807) is 6.07 Å². The van der Waals surface area contributed by atoms with Crippen molar-refractivity contribution in [3.8, 4) is 22.9 Å². The molecule has 5 rings (SSSR count). The summed E-state index contributed by atoms with van der Waals surface area (Å²) in [5, 5.41) is 8.78. The molecule has 232 valence electrons. The Kier molecular flexibility index (Phi) is 9.66. The SMILES string of the molecule is C=CCCC1COC(C2CCC(c3ccc(-c4cc(F)c(C(F)(F)Oc5ccc(C#N)c(F)c5)c(F)c4)c(F)c3)CC2)OC1. The maximum Gasteiger partial charge on any atom is 0.432 e. The summed E-state index contributed by atoms with van der Waals surface area (Å²) in [6, 6.07) is 9.40. The number of alkyl halides is 2. The number of hydrogen-bond acceptors (Lipinski definition) is 4. The van der Waals surface area contributed by atoms with Gasteiger partial charge in [0.25, 0.3) is 0 Å². The number of benzene rings is 3. The van der Waals surface area contributed by atoms with Gasteiger partial charge in [-0.15, -0.1) is 6.58 Å². The van der Waals surface area contributed by atoms with Gasteiger partial charge >= 0.3 is 6.11 Å². The molecule has 0 atom stereocenters. The molecule has 2 aliphatic rings. The van der Waals surface area contributed by atoms with Crippen LogP contribution in [0.2, 0.25) is 0 Å². The van der Waals surface area contributed by atoms with Gasteiger partial charge < -0.3 is 14.2 Å². The minimum atomic E-state index is -4.53. The van der Waals surface area contributed by atoms with E-state index < -0.39 is 46.3 Å². The van der Waals surface area contributed by atoms with E-state index >= 15 is 4.39 Å². The van der Waals surface area contributed by atoms with E-state index in [0.717, 1.165) is 56.2 Å². The van der Waals surface area contributed by atoms with Gasteiger partial charge in [-0.3, -0.25) is 0 Å². The van der Waals surface area contributed by atoms with E-state index in [2.05, 4.69) is 11.3 Å². The molecule has 2 fully saturated rings. The highest BCUT2D eigenvalue weighted by molar-refractivity contribution is 5.65. The molecule has 4 nitrogen and oxygen atoms in total. The number of rotatable bonds is 9. The van der Waals surface area contributed by atoms with Gasteiger partial charge in [-0.1, -0.05) is 18.2 Å². The fourth-order valence-electron chi connectivity index (χ4n) is 5.95. The van der Waals surface area contributed by atoms with Crippen LogP contribution in [0.1, 0.15) is 61.1 Å². The molecular formula is C34H31F6NO3. The standard InChI is InChI=1S/C34H31F6NO3/c1-2-3-4-20-18-42-33(43-19-20)22-7-5-21(6-8-22)23-10-12-27(29(36)13-23)25-14-30(37)32(31(38)15-25)34(39,40)44-26-11-9-24(17-41)28(35)16-26/h2,9-16,20-22,33H,1,3-8,18-19H2. The summed E-state index contributed by atoms with van der Waals surface area (Å²) >= 11 is 0. The predicted octanol–water partition coefficient (Wildman–Crippen LogP) is 9.14. The fourth-order valence-corrected chi connectivity index (χ4v) is 5.95. The van der Waals surface area contributed by atoms with E-state index in [-0.39, 0.29) is 29.3 Å². The Morgan fingerprint density at radius 1 is 0.886 bits per heavy atom. The van der Waals surface area contributed by atoms with Crippen LogP contribution >= 0.6 is 0 Å². The Bertz CT molecular complexity index is 1520. The third-order valence-electron chi connectivity index (χ3n) is 8.34. The minimum Gasteiger partial charge on any atom is -0.429 e. The number of nitrogens with zero attached hydrogens (tertiary/aromatic N) is 1. The van der Waals surface area contributed by atoms with E-state index in [0.29, 0.717) is 37.3 Å². The molecule has 0 unspecified atom stereocenters. The molecule has 1 saturated heterocycles. The van der Waals surface area contributed by atoms with Crippen molar-refractivity contribution < 1.29 is 40.6 Å². The highest BCUT2D eigenvalue weighted by Crippen LogP contribution is 2.41. The van der Waals surface area contributed by atoms with Crippen molar-refractivity contribution in [2.75, 3.05) is 13.2 Å².